The second kappa shape index (κ2) is 7.01. The fraction of sp³-hybridized carbons (Fsp3) is 0.471. The molecule has 0 aliphatic carbocycles. The first-order chi connectivity index (χ1) is 13.3. The molecule has 1 aromatic carbocycles. The molecule has 0 spiro atoms. The highest BCUT2D eigenvalue weighted by Gasteiger charge is 2.47. The van der Waals surface area contributed by atoms with Crippen molar-refractivity contribution in [3.63, 3.8) is 0 Å². The minimum absolute atomic E-state index is 0.0926. The van der Waals surface area contributed by atoms with Crippen molar-refractivity contribution >= 4 is 9.84 Å². The van der Waals surface area contributed by atoms with Gasteiger partial charge >= 0.3 is 12.4 Å². The van der Waals surface area contributed by atoms with E-state index in [9.17, 15) is 34.8 Å². The van der Waals surface area contributed by atoms with Crippen molar-refractivity contribution < 1.29 is 39.5 Å². The van der Waals surface area contributed by atoms with E-state index in [1.807, 2.05) is 0 Å². The number of nitrogens with zero attached hydrogens (tertiary/aromatic N) is 2. The molecule has 5 nitrogen and oxygen atoms in total. The smallest absolute Gasteiger partial charge is 0.356 e. The molecule has 1 fully saturated rings. The van der Waals surface area contributed by atoms with Gasteiger partial charge in [0.2, 0.25) is 0 Å². The van der Waals surface area contributed by atoms with E-state index in [1.165, 1.54) is 6.92 Å². The van der Waals surface area contributed by atoms with Crippen molar-refractivity contribution in [1.82, 2.24) is 9.78 Å². The molecule has 1 aliphatic rings. The van der Waals surface area contributed by atoms with Gasteiger partial charge in [0.15, 0.2) is 16.1 Å². The Labute approximate surface area is 162 Å². The third-order valence-electron chi connectivity index (χ3n) is 4.90. The zero-order chi connectivity index (χ0) is 21.7. The number of alkyl halides is 6. The summed E-state index contributed by atoms with van der Waals surface area (Å²) in [5.74, 6) is 0. The van der Waals surface area contributed by atoms with Gasteiger partial charge in [0, 0.05) is 12.6 Å². The summed E-state index contributed by atoms with van der Waals surface area (Å²) in [7, 11) is -4.32. The minimum Gasteiger partial charge on any atom is -0.356 e. The Balaban J connectivity index is 1.97. The van der Waals surface area contributed by atoms with E-state index in [-0.39, 0.29) is 13.0 Å². The first-order valence-electron chi connectivity index (χ1n) is 8.40. The highest BCUT2D eigenvalue weighted by atomic mass is 32.2. The maximum atomic E-state index is 13.1. The second-order valence-electron chi connectivity index (χ2n) is 6.92. The van der Waals surface area contributed by atoms with E-state index in [0.29, 0.717) is 10.7 Å². The molecule has 2 heterocycles. The monoisotopic (exact) mass is 442 g/mol. The van der Waals surface area contributed by atoms with E-state index in [0.717, 1.165) is 30.5 Å². The lowest BCUT2D eigenvalue weighted by molar-refractivity contribution is -0.153. The van der Waals surface area contributed by atoms with Crippen LogP contribution in [0.2, 0.25) is 0 Å². The zero-order valence-electron chi connectivity index (χ0n) is 15.0. The molecule has 12 heteroatoms. The van der Waals surface area contributed by atoms with Crippen molar-refractivity contribution in [2.24, 2.45) is 0 Å². The number of benzene rings is 1. The van der Waals surface area contributed by atoms with Crippen LogP contribution in [0.1, 0.15) is 37.3 Å². The number of ether oxygens (including phenoxy) is 1. The first kappa shape index (κ1) is 21.6. The van der Waals surface area contributed by atoms with Gasteiger partial charge in [-0.15, -0.1) is 0 Å². The Morgan fingerprint density at radius 3 is 2.45 bits per heavy atom. The van der Waals surface area contributed by atoms with Gasteiger partial charge in [0.05, 0.1) is 21.8 Å². The van der Waals surface area contributed by atoms with Crippen LogP contribution in [0.3, 0.4) is 0 Å². The Bertz CT molecular complexity index is 999. The van der Waals surface area contributed by atoms with Gasteiger partial charge in [-0.25, -0.2) is 13.1 Å². The lowest BCUT2D eigenvalue weighted by atomic mass is 9.99. The fourth-order valence-electron chi connectivity index (χ4n) is 3.23. The minimum atomic E-state index is -4.73. The van der Waals surface area contributed by atoms with Gasteiger partial charge in [-0.2, -0.15) is 31.4 Å². The standard InChI is InChI=1S/C17H16F6N2O3S/c1-15(29(26,27)12-4-2-3-11(9-12)16(18,19)20)6-8-28-14(10-15)25-13(5-7-24-25)17(21,22)23/h2-5,7,9,14H,6,8,10H2,1H3. The summed E-state index contributed by atoms with van der Waals surface area (Å²) >= 11 is 0. The summed E-state index contributed by atoms with van der Waals surface area (Å²) in [6.07, 6.45) is -10.4. The molecule has 0 N–H and O–H groups in total. The molecule has 3 rings (SSSR count). The van der Waals surface area contributed by atoms with Crippen LogP contribution in [0.5, 0.6) is 0 Å². The summed E-state index contributed by atoms with van der Waals surface area (Å²) in [4.78, 5) is -0.549. The van der Waals surface area contributed by atoms with Crippen molar-refractivity contribution in [2.45, 2.75) is 48.0 Å². The number of hydrogen-bond acceptors (Lipinski definition) is 4. The summed E-state index contributed by atoms with van der Waals surface area (Å²) in [6.45, 7) is 1.09. The summed E-state index contributed by atoms with van der Waals surface area (Å²) in [6, 6.07) is 4.02. The number of sulfone groups is 1. The SMILES string of the molecule is CC1(S(=O)(=O)c2cccc(C(F)(F)F)c2)CCOC(n2nccc2C(F)(F)F)C1. The van der Waals surface area contributed by atoms with Gasteiger partial charge in [-0.1, -0.05) is 6.07 Å². The van der Waals surface area contributed by atoms with Crippen LogP contribution in [-0.4, -0.2) is 29.6 Å². The van der Waals surface area contributed by atoms with E-state index in [2.05, 4.69) is 5.10 Å². The number of aromatic nitrogens is 2. The first-order valence-corrected chi connectivity index (χ1v) is 9.88. The third kappa shape index (κ3) is 4.00. The van der Waals surface area contributed by atoms with Crippen LogP contribution < -0.4 is 0 Å². The number of halogens is 6. The largest absolute Gasteiger partial charge is 0.433 e. The third-order valence-corrected chi connectivity index (χ3v) is 7.44. The quantitative estimate of drug-likeness (QED) is 0.659. The van der Waals surface area contributed by atoms with Crippen molar-refractivity contribution in [3.8, 4) is 0 Å². The Hall–Kier alpha value is -2.08. The molecule has 2 unspecified atom stereocenters. The van der Waals surface area contributed by atoms with E-state index < -0.39 is 55.7 Å². The molecule has 0 saturated carbocycles. The molecule has 1 aromatic heterocycles. The van der Waals surface area contributed by atoms with Gasteiger partial charge in [-0.05, 0) is 37.6 Å². The molecule has 1 saturated heterocycles. The molecule has 0 amide bonds. The molecule has 2 atom stereocenters. The topological polar surface area (TPSA) is 61.2 Å². The lowest BCUT2D eigenvalue weighted by Gasteiger charge is -2.38. The van der Waals surface area contributed by atoms with Crippen LogP contribution in [0.4, 0.5) is 26.3 Å². The predicted octanol–water partition coefficient (Wildman–Crippen LogP) is 4.46. The maximum absolute atomic E-state index is 13.1. The number of hydrogen-bond donors (Lipinski definition) is 0. The average molecular weight is 442 g/mol. The molecule has 0 bridgehead atoms. The van der Waals surface area contributed by atoms with Crippen LogP contribution >= 0.6 is 0 Å². The molecule has 0 radical (unpaired) electrons. The second-order valence-corrected chi connectivity index (χ2v) is 9.38. The fourth-order valence-corrected chi connectivity index (χ4v) is 5.06. The Morgan fingerprint density at radius 1 is 1.14 bits per heavy atom. The zero-order valence-corrected chi connectivity index (χ0v) is 15.8. The van der Waals surface area contributed by atoms with Gasteiger partial charge in [0.1, 0.15) is 5.69 Å². The Kier molecular flexibility index (Phi) is 5.23. The summed E-state index contributed by atoms with van der Waals surface area (Å²) in [5.41, 5.74) is -2.24. The van der Waals surface area contributed by atoms with Crippen LogP contribution in [0, 0.1) is 0 Å². The molecule has 160 valence electrons. The van der Waals surface area contributed by atoms with Crippen molar-refractivity contribution in [3.05, 3.63) is 47.8 Å². The van der Waals surface area contributed by atoms with E-state index in [1.54, 1.807) is 0 Å². The normalized spacial score (nSPS) is 23.9. The van der Waals surface area contributed by atoms with Crippen molar-refractivity contribution in [1.29, 1.82) is 0 Å². The summed E-state index contributed by atoms with van der Waals surface area (Å²) in [5, 5.41) is 3.60. The van der Waals surface area contributed by atoms with Crippen LogP contribution in [0.15, 0.2) is 41.4 Å². The average Bonchev–Trinajstić information content (AvgIpc) is 3.11. The molecular formula is C17H16F6N2O3S. The molecule has 29 heavy (non-hydrogen) atoms. The van der Waals surface area contributed by atoms with E-state index >= 15 is 0 Å². The van der Waals surface area contributed by atoms with Crippen LogP contribution in [0.25, 0.3) is 0 Å². The molecular weight excluding hydrogens is 426 g/mol. The lowest BCUT2D eigenvalue weighted by Crippen LogP contribution is -2.44. The number of rotatable bonds is 3. The van der Waals surface area contributed by atoms with Crippen molar-refractivity contribution in [2.75, 3.05) is 6.61 Å². The maximum Gasteiger partial charge on any atom is 0.433 e. The van der Waals surface area contributed by atoms with E-state index in [4.69, 9.17) is 4.74 Å². The summed E-state index contributed by atoms with van der Waals surface area (Å²) < 4.78 is 109. The van der Waals surface area contributed by atoms with Crippen LogP contribution in [-0.2, 0) is 26.9 Å². The van der Waals surface area contributed by atoms with Gasteiger partial charge < -0.3 is 4.74 Å². The van der Waals surface area contributed by atoms with Gasteiger partial charge in [-0.3, -0.25) is 0 Å². The highest BCUT2D eigenvalue weighted by Crippen LogP contribution is 2.42. The van der Waals surface area contributed by atoms with Gasteiger partial charge in [0.25, 0.3) is 0 Å². The molecule has 2 aromatic rings. The highest BCUT2D eigenvalue weighted by molar-refractivity contribution is 7.92. The Morgan fingerprint density at radius 2 is 1.83 bits per heavy atom. The molecule has 1 aliphatic heterocycles. The predicted molar refractivity (Wildman–Crippen MR) is 88.5 cm³/mol.